The van der Waals surface area contributed by atoms with Crippen molar-refractivity contribution in [3.8, 4) is 33.4 Å². The molecular weight excluding hydrogens is 795 g/mol. The number of nitrogens with zero attached hydrogens (tertiary/aromatic N) is 1. The molecule has 0 N–H and O–H groups in total. The highest BCUT2D eigenvalue weighted by molar-refractivity contribution is 7.25. The van der Waals surface area contributed by atoms with Gasteiger partial charge < -0.3 is 9.32 Å². The number of anilines is 3. The second kappa shape index (κ2) is 14.6. The van der Waals surface area contributed by atoms with Crippen LogP contribution in [-0.2, 0) is 5.41 Å². The summed E-state index contributed by atoms with van der Waals surface area (Å²) in [4.78, 5) is 2.42. The van der Waals surface area contributed by atoms with Gasteiger partial charge in [0.2, 0.25) is 0 Å². The monoisotopic (exact) mass is 833 g/mol. The fourth-order valence-electron chi connectivity index (χ4n) is 10.6. The molecule has 2 nitrogen and oxygen atoms in total. The summed E-state index contributed by atoms with van der Waals surface area (Å²) >= 11 is 1.86. The maximum atomic E-state index is 6.83. The number of furan rings is 1. The summed E-state index contributed by atoms with van der Waals surface area (Å²) in [6.07, 6.45) is 0. The molecule has 2 heterocycles. The fraction of sp³-hybridized carbons (Fsp3) is 0.0164. The Morgan fingerprint density at radius 3 is 1.77 bits per heavy atom. The highest BCUT2D eigenvalue weighted by Crippen LogP contribution is 2.60. The SMILES string of the molecule is c1ccc(C2(c3ccccc3)c3ccccc3-c3c(N(c4ccc(-c5cccc(-c6ccc7sc8ccccc8c7c6)c5)cc4)c4cccc5c4oc4ccccc45)cccc32)cc1. The lowest BCUT2D eigenvalue weighted by Crippen LogP contribution is -2.28. The molecular formula is C61H39NOS. The molecule has 13 rings (SSSR count). The second-order valence-electron chi connectivity index (χ2n) is 16.8. The van der Waals surface area contributed by atoms with Gasteiger partial charge in [-0.15, -0.1) is 11.3 Å². The zero-order chi connectivity index (χ0) is 42.2. The predicted octanol–water partition coefficient (Wildman–Crippen LogP) is 17.1. The Balaban J connectivity index is 1.00. The van der Waals surface area contributed by atoms with Crippen molar-refractivity contribution in [3.05, 3.63) is 259 Å². The summed E-state index contributed by atoms with van der Waals surface area (Å²) in [5.41, 5.74) is 16.6. The van der Waals surface area contributed by atoms with E-state index < -0.39 is 5.41 Å². The molecule has 0 saturated carbocycles. The first-order chi connectivity index (χ1) is 31.7. The lowest BCUT2D eigenvalue weighted by Gasteiger charge is -2.34. The number of benzene rings is 10. The van der Waals surface area contributed by atoms with E-state index in [1.54, 1.807) is 0 Å². The Morgan fingerprint density at radius 1 is 0.375 bits per heavy atom. The van der Waals surface area contributed by atoms with E-state index in [-0.39, 0.29) is 0 Å². The highest BCUT2D eigenvalue weighted by Gasteiger charge is 2.47. The summed E-state index contributed by atoms with van der Waals surface area (Å²) in [7, 11) is 0. The molecule has 0 atom stereocenters. The number of hydrogen-bond donors (Lipinski definition) is 0. The molecule has 0 saturated heterocycles. The van der Waals surface area contributed by atoms with Crippen molar-refractivity contribution in [3.63, 3.8) is 0 Å². The van der Waals surface area contributed by atoms with E-state index in [9.17, 15) is 0 Å². The van der Waals surface area contributed by atoms with Crippen molar-refractivity contribution >= 4 is 70.5 Å². The standard InChI is InChI=1S/C61H39NOS/c1-3-18-44(19-4-1)61(45-20-5-2-6-21-45)52-26-10-7-24-50(52)59-53(61)27-15-28-54(59)62(55-29-14-25-49-47-22-8-11-30-56(47)63-60(49)55)46-35-32-40(33-36-46)41-16-13-17-42(38-41)43-34-37-58-51(39-43)48-23-9-12-31-57(48)64-58/h1-39H. The van der Waals surface area contributed by atoms with Gasteiger partial charge in [0, 0.05) is 42.2 Å². The zero-order valence-electron chi connectivity index (χ0n) is 34.8. The van der Waals surface area contributed by atoms with Gasteiger partial charge >= 0.3 is 0 Å². The van der Waals surface area contributed by atoms with Gasteiger partial charge in [-0.05, 0) is 105 Å². The molecule has 10 aromatic carbocycles. The zero-order valence-corrected chi connectivity index (χ0v) is 35.6. The summed E-state index contributed by atoms with van der Waals surface area (Å²) in [6.45, 7) is 0. The summed E-state index contributed by atoms with van der Waals surface area (Å²) in [5, 5.41) is 4.83. The van der Waals surface area contributed by atoms with Crippen molar-refractivity contribution in [2.75, 3.05) is 4.90 Å². The van der Waals surface area contributed by atoms with Crippen LogP contribution in [0.5, 0.6) is 0 Å². The quantitative estimate of drug-likeness (QED) is 0.159. The van der Waals surface area contributed by atoms with Gasteiger partial charge in [0.05, 0.1) is 16.8 Å². The molecule has 0 bridgehead atoms. The average molecular weight is 834 g/mol. The molecule has 300 valence electrons. The number of para-hydroxylation sites is 2. The average Bonchev–Trinajstić information content (AvgIpc) is 4.04. The molecule has 0 spiro atoms. The minimum Gasteiger partial charge on any atom is -0.454 e. The van der Waals surface area contributed by atoms with Gasteiger partial charge in [-0.3, -0.25) is 0 Å². The van der Waals surface area contributed by atoms with Crippen LogP contribution >= 0.6 is 11.3 Å². The Bertz CT molecular complexity index is 3690. The van der Waals surface area contributed by atoms with E-state index in [2.05, 4.69) is 235 Å². The van der Waals surface area contributed by atoms with Crippen LogP contribution in [0.25, 0.3) is 75.5 Å². The third-order valence-electron chi connectivity index (χ3n) is 13.4. The molecule has 12 aromatic rings. The number of rotatable bonds is 7. The molecule has 1 aliphatic rings. The lowest BCUT2D eigenvalue weighted by molar-refractivity contribution is 0.669. The third kappa shape index (κ3) is 5.51. The molecule has 0 amide bonds. The van der Waals surface area contributed by atoms with E-state index in [4.69, 9.17) is 4.42 Å². The first kappa shape index (κ1) is 36.7. The molecule has 0 radical (unpaired) electrons. The van der Waals surface area contributed by atoms with Crippen LogP contribution in [0.4, 0.5) is 17.1 Å². The molecule has 0 aliphatic heterocycles. The Labute approximate surface area is 375 Å². The van der Waals surface area contributed by atoms with Crippen molar-refractivity contribution in [2.45, 2.75) is 5.41 Å². The van der Waals surface area contributed by atoms with Crippen molar-refractivity contribution < 1.29 is 4.42 Å². The first-order valence-corrected chi connectivity index (χ1v) is 22.7. The Kier molecular flexibility index (Phi) is 8.34. The van der Waals surface area contributed by atoms with Crippen LogP contribution in [0.1, 0.15) is 22.3 Å². The van der Waals surface area contributed by atoms with Gasteiger partial charge in [0.1, 0.15) is 5.58 Å². The van der Waals surface area contributed by atoms with Crippen molar-refractivity contribution in [2.24, 2.45) is 0 Å². The van der Waals surface area contributed by atoms with Crippen molar-refractivity contribution in [1.29, 1.82) is 0 Å². The molecule has 0 unspecified atom stereocenters. The highest BCUT2D eigenvalue weighted by atomic mass is 32.1. The fourth-order valence-corrected chi connectivity index (χ4v) is 11.6. The van der Waals surface area contributed by atoms with Crippen LogP contribution in [0.2, 0.25) is 0 Å². The van der Waals surface area contributed by atoms with Gasteiger partial charge in [0.25, 0.3) is 0 Å². The minimum atomic E-state index is -0.530. The molecule has 64 heavy (non-hydrogen) atoms. The van der Waals surface area contributed by atoms with Crippen molar-refractivity contribution in [1.82, 2.24) is 0 Å². The largest absolute Gasteiger partial charge is 0.454 e. The number of fused-ring (bicyclic) bond motifs is 9. The van der Waals surface area contributed by atoms with E-state index in [0.717, 1.165) is 44.6 Å². The molecule has 2 aromatic heterocycles. The summed E-state index contributed by atoms with van der Waals surface area (Å²) < 4.78 is 9.47. The van der Waals surface area contributed by atoms with Gasteiger partial charge in [-0.25, -0.2) is 0 Å². The third-order valence-corrected chi connectivity index (χ3v) is 14.5. The maximum absolute atomic E-state index is 6.83. The number of thiophene rings is 1. The van der Waals surface area contributed by atoms with E-state index in [0.29, 0.717) is 0 Å². The van der Waals surface area contributed by atoms with E-state index >= 15 is 0 Å². The minimum absolute atomic E-state index is 0.530. The van der Waals surface area contributed by atoms with Gasteiger partial charge in [-0.2, -0.15) is 0 Å². The van der Waals surface area contributed by atoms with Crippen LogP contribution in [0, 0.1) is 0 Å². The number of hydrogen-bond acceptors (Lipinski definition) is 3. The molecule has 3 heteroatoms. The van der Waals surface area contributed by atoms with E-state index in [1.165, 1.54) is 70.2 Å². The van der Waals surface area contributed by atoms with Gasteiger partial charge in [0.15, 0.2) is 5.58 Å². The lowest BCUT2D eigenvalue weighted by atomic mass is 9.68. The van der Waals surface area contributed by atoms with E-state index in [1.807, 2.05) is 17.4 Å². The smallest absolute Gasteiger partial charge is 0.159 e. The summed E-state index contributed by atoms with van der Waals surface area (Å²) in [6, 6.07) is 86.4. The topological polar surface area (TPSA) is 16.4 Å². The normalized spacial score (nSPS) is 12.8. The second-order valence-corrected chi connectivity index (χ2v) is 17.8. The van der Waals surface area contributed by atoms with Crippen LogP contribution in [0.3, 0.4) is 0 Å². The first-order valence-electron chi connectivity index (χ1n) is 21.9. The Hall–Kier alpha value is -7.98. The Morgan fingerprint density at radius 2 is 0.953 bits per heavy atom. The molecule has 1 aliphatic carbocycles. The van der Waals surface area contributed by atoms with Crippen LogP contribution < -0.4 is 4.90 Å². The predicted molar refractivity (Wildman–Crippen MR) is 269 cm³/mol. The van der Waals surface area contributed by atoms with Gasteiger partial charge in [-0.1, -0.05) is 182 Å². The maximum Gasteiger partial charge on any atom is 0.159 e. The summed E-state index contributed by atoms with van der Waals surface area (Å²) in [5.74, 6) is 0. The molecule has 0 fully saturated rings. The van der Waals surface area contributed by atoms with Crippen LogP contribution in [0.15, 0.2) is 241 Å². The van der Waals surface area contributed by atoms with Crippen LogP contribution in [-0.4, -0.2) is 0 Å².